The maximum Gasteiger partial charge on any atom is 0.119 e. The molecule has 0 spiro atoms. The number of benzene rings is 1. The van der Waals surface area contributed by atoms with Crippen LogP contribution in [0.2, 0.25) is 0 Å². The SMILES string of the molecule is CCN(CC)CCOc1ccc(CCCN)cc1. The first-order valence-electron chi connectivity index (χ1n) is 6.94. The van der Waals surface area contributed by atoms with Crippen LogP contribution in [0.25, 0.3) is 0 Å². The maximum atomic E-state index is 5.73. The minimum atomic E-state index is 0.752. The second-order valence-electron chi connectivity index (χ2n) is 4.41. The van der Waals surface area contributed by atoms with Crippen LogP contribution in [0.1, 0.15) is 25.8 Å². The number of aryl methyl sites for hydroxylation is 1. The molecule has 0 saturated carbocycles. The minimum Gasteiger partial charge on any atom is -0.492 e. The molecule has 0 aromatic heterocycles. The van der Waals surface area contributed by atoms with E-state index in [1.54, 1.807) is 0 Å². The molecule has 0 aliphatic carbocycles. The van der Waals surface area contributed by atoms with Gasteiger partial charge in [0.05, 0.1) is 0 Å². The van der Waals surface area contributed by atoms with Crippen molar-refractivity contribution in [1.29, 1.82) is 0 Å². The van der Waals surface area contributed by atoms with E-state index in [0.717, 1.165) is 51.4 Å². The van der Waals surface area contributed by atoms with Gasteiger partial charge in [-0.2, -0.15) is 0 Å². The van der Waals surface area contributed by atoms with E-state index in [1.807, 2.05) is 12.1 Å². The summed E-state index contributed by atoms with van der Waals surface area (Å²) in [5, 5.41) is 0. The third-order valence-corrected chi connectivity index (χ3v) is 3.16. The summed E-state index contributed by atoms with van der Waals surface area (Å²) < 4.78 is 5.73. The van der Waals surface area contributed by atoms with Gasteiger partial charge in [0.2, 0.25) is 0 Å². The molecule has 102 valence electrons. The van der Waals surface area contributed by atoms with Crippen molar-refractivity contribution in [2.24, 2.45) is 5.73 Å². The molecule has 3 nitrogen and oxygen atoms in total. The van der Waals surface area contributed by atoms with Gasteiger partial charge in [-0.3, -0.25) is 0 Å². The van der Waals surface area contributed by atoms with Crippen LogP contribution in [-0.4, -0.2) is 37.7 Å². The lowest BCUT2D eigenvalue weighted by Gasteiger charge is -2.18. The standard InChI is InChI=1S/C15H26N2O/c1-3-17(4-2)12-13-18-15-9-7-14(8-10-15)6-5-11-16/h7-10H,3-6,11-13,16H2,1-2H3. The molecule has 0 atom stereocenters. The fourth-order valence-corrected chi connectivity index (χ4v) is 1.89. The number of likely N-dealkylation sites (N-methyl/N-ethyl adjacent to an activating group) is 1. The first kappa shape index (κ1) is 15.0. The molecule has 0 bridgehead atoms. The van der Waals surface area contributed by atoms with Crippen LogP contribution in [0.4, 0.5) is 0 Å². The fraction of sp³-hybridized carbons (Fsp3) is 0.600. The summed E-state index contributed by atoms with van der Waals surface area (Å²) in [7, 11) is 0. The second kappa shape index (κ2) is 8.95. The maximum absolute atomic E-state index is 5.73. The first-order chi connectivity index (χ1) is 8.80. The van der Waals surface area contributed by atoms with Crippen molar-refractivity contribution < 1.29 is 4.74 Å². The van der Waals surface area contributed by atoms with Gasteiger partial charge >= 0.3 is 0 Å². The largest absolute Gasteiger partial charge is 0.492 e. The van der Waals surface area contributed by atoms with Gasteiger partial charge in [0, 0.05) is 6.54 Å². The van der Waals surface area contributed by atoms with Gasteiger partial charge in [-0.15, -0.1) is 0 Å². The molecule has 0 radical (unpaired) electrons. The molecule has 1 rings (SSSR count). The van der Waals surface area contributed by atoms with Crippen LogP contribution in [0, 0.1) is 0 Å². The Bertz CT molecular complexity index is 307. The van der Waals surface area contributed by atoms with E-state index in [4.69, 9.17) is 10.5 Å². The smallest absolute Gasteiger partial charge is 0.119 e. The molecule has 0 unspecified atom stereocenters. The van der Waals surface area contributed by atoms with Crippen LogP contribution < -0.4 is 10.5 Å². The lowest BCUT2D eigenvalue weighted by molar-refractivity contribution is 0.223. The Kier molecular flexibility index (Phi) is 7.46. The van der Waals surface area contributed by atoms with Crippen LogP contribution in [0.15, 0.2) is 24.3 Å². The van der Waals surface area contributed by atoms with E-state index in [0.29, 0.717) is 0 Å². The van der Waals surface area contributed by atoms with E-state index in [-0.39, 0.29) is 0 Å². The summed E-state index contributed by atoms with van der Waals surface area (Å²) in [5.41, 5.74) is 6.83. The Morgan fingerprint density at radius 3 is 2.33 bits per heavy atom. The number of hydrogen-bond donors (Lipinski definition) is 1. The van der Waals surface area contributed by atoms with Crippen molar-refractivity contribution in [1.82, 2.24) is 4.90 Å². The molecule has 0 aliphatic heterocycles. The normalized spacial score (nSPS) is 10.9. The summed E-state index contributed by atoms with van der Waals surface area (Å²) in [6.45, 7) is 9.01. The zero-order chi connectivity index (χ0) is 13.2. The highest BCUT2D eigenvalue weighted by atomic mass is 16.5. The highest BCUT2D eigenvalue weighted by Crippen LogP contribution is 2.13. The van der Waals surface area contributed by atoms with Gasteiger partial charge in [0.15, 0.2) is 0 Å². The number of hydrogen-bond acceptors (Lipinski definition) is 3. The molecule has 1 aromatic rings. The minimum absolute atomic E-state index is 0.752. The lowest BCUT2D eigenvalue weighted by atomic mass is 10.1. The van der Waals surface area contributed by atoms with E-state index >= 15 is 0 Å². The third-order valence-electron chi connectivity index (χ3n) is 3.16. The summed E-state index contributed by atoms with van der Waals surface area (Å²) in [6, 6.07) is 8.35. The van der Waals surface area contributed by atoms with E-state index in [9.17, 15) is 0 Å². The van der Waals surface area contributed by atoms with Crippen LogP contribution >= 0.6 is 0 Å². The van der Waals surface area contributed by atoms with E-state index in [2.05, 4.69) is 30.9 Å². The molecule has 3 heteroatoms. The lowest BCUT2D eigenvalue weighted by Crippen LogP contribution is -2.27. The van der Waals surface area contributed by atoms with Gasteiger partial charge < -0.3 is 15.4 Å². The molecule has 18 heavy (non-hydrogen) atoms. The van der Waals surface area contributed by atoms with Gasteiger partial charge in [0.1, 0.15) is 12.4 Å². The van der Waals surface area contributed by atoms with Gasteiger partial charge in [-0.05, 0) is 50.2 Å². The second-order valence-corrected chi connectivity index (χ2v) is 4.41. The summed E-state index contributed by atoms with van der Waals surface area (Å²) in [6.07, 6.45) is 2.10. The monoisotopic (exact) mass is 250 g/mol. The van der Waals surface area contributed by atoms with Crippen molar-refractivity contribution in [3.8, 4) is 5.75 Å². The van der Waals surface area contributed by atoms with Crippen molar-refractivity contribution in [2.75, 3.05) is 32.8 Å². The Labute approximate surface area is 111 Å². The predicted molar refractivity (Wildman–Crippen MR) is 77.1 cm³/mol. The van der Waals surface area contributed by atoms with Crippen molar-refractivity contribution in [2.45, 2.75) is 26.7 Å². The molecule has 0 amide bonds. The average molecular weight is 250 g/mol. The topological polar surface area (TPSA) is 38.5 Å². The zero-order valence-electron chi connectivity index (χ0n) is 11.7. The van der Waals surface area contributed by atoms with Gasteiger partial charge in [0.25, 0.3) is 0 Å². The van der Waals surface area contributed by atoms with Gasteiger partial charge in [-0.1, -0.05) is 26.0 Å². The Hall–Kier alpha value is -1.06. The Morgan fingerprint density at radius 1 is 1.11 bits per heavy atom. The van der Waals surface area contributed by atoms with E-state index in [1.165, 1.54) is 5.56 Å². The molecule has 2 N–H and O–H groups in total. The van der Waals surface area contributed by atoms with Crippen molar-refractivity contribution in [3.05, 3.63) is 29.8 Å². The summed E-state index contributed by atoms with van der Waals surface area (Å²) >= 11 is 0. The molecule has 1 aromatic carbocycles. The quantitative estimate of drug-likeness (QED) is 0.731. The highest BCUT2D eigenvalue weighted by molar-refractivity contribution is 5.27. The summed E-state index contributed by atoms with van der Waals surface area (Å²) in [5.74, 6) is 0.957. The molecular weight excluding hydrogens is 224 g/mol. The zero-order valence-corrected chi connectivity index (χ0v) is 11.7. The number of nitrogens with two attached hydrogens (primary N) is 1. The number of rotatable bonds is 9. The average Bonchev–Trinajstić information content (AvgIpc) is 2.42. The first-order valence-corrected chi connectivity index (χ1v) is 6.94. The molecule has 0 fully saturated rings. The Morgan fingerprint density at radius 2 is 1.78 bits per heavy atom. The van der Waals surface area contributed by atoms with Crippen molar-refractivity contribution >= 4 is 0 Å². The van der Waals surface area contributed by atoms with Crippen LogP contribution in [0.5, 0.6) is 5.75 Å². The van der Waals surface area contributed by atoms with Crippen LogP contribution in [0.3, 0.4) is 0 Å². The molecule has 0 saturated heterocycles. The molecular formula is C15H26N2O. The molecule has 0 aliphatic rings. The number of ether oxygens (including phenoxy) is 1. The Balaban J connectivity index is 2.30. The predicted octanol–water partition coefficient (Wildman–Crippen LogP) is 2.30. The highest BCUT2D eigenvalue weighted by Gasteiger charge is 2.00. The summed E-state index contributed by atoms with van der Waals surface area (Å²) in [4.78, 5) is 2.36. The fourth-order valence-electron chi connectivity index (χ4n) is 1.89. The third kappa shape index (κ3) is 5.52. The molecule has 0 heterocycles. The van der Waals surface area contributed by atoms with Gasteiger partial charge in [-0.25, -0.2) is 0 Å². The van der Waals surface area contributed by atoms with Crippen molar-refractivity contribution in [3.63, 3.8) is 0 Å². The number of nitrogens with zero attached hydrogens (tertiary/aromatic N) is 1. The van der Waals surface area contributed by atoms with E-state index < -0.39 is 0 Å². The van der Waals surface area contributed by atoms with Crippen LogP contribution in [-0.2, 0) is 6.42 Å².